The molecule has 0 saturated heterocycles. The van der Waals surface area contributed by atoms with E-state index in [-0.39, 0.29) is 0 Å². The molecule has 0 fully saturated rings. The molecule has 2 N–H and O–H groups in total. The van der Waals surface area contributed by atoms with Crippen LogP contribution in [0.15, 0.2) is 23.2 Å². The maximum absolute atomic E-state index is 8.57. The van der Waals surface area contributed by atoms with Crippen LogP contribution in [0.1, 0.15) is 11.1 Å². The molecule has 0 atom stereocenters. The molecule has 1 aromatic carbocycles. The van der Waals surface area contributed by atoms with E-state index in [0.717, 1.165) is 18.8 Å². The fourth-order valence-electron chi connectivity index (χ4n) is 1.70. The molecule has 0 saturated carbocycles. The molecule has 16 heavy (non-hydrogen) atoms. The lowest BCUT2D eigenvalue weighted by atomic mass is 10.1. The molecule has 0 amide bonds. The van der Waals surface area contributed by atoms with Crippen LogP contribution in [0.5, 0.6) is 0 Å². The van der Waals surface area contributed by atoms with Gasteiger partial charge in [-0.1, -0.05) is 23.9 Å². The zero-order valence-corrected chi connectivity index (χ0v) is 9.77. The SMILES string of the molecule is CSC(=Nc1cccc2c1CNC2)NC#N. The Kier molecular flexibility index (Phi) is 3.44. The first-order valence-electron chi connectivity index (χ1n) is 4.94. The molecule has 1 aliphatic rings. The van der Waals surface area contributed by atoms with Crippen LogP contribution in [0.3, 0.4) is 0 Å². The molecule has 0 aliphatic carbocycles. The summed E-state index contributed by atoms with van der Waals surface area (Å²) in [5, 5.41) is 15.1. The molecule has 82 valence electrons. The molecule has 5 heteroatoms. The van der Waals surface area contributed by atoms with E-state index in [1.54, 1.807) is 0 Å². The van der Waals surface area contributed by atoms with Crippen molar-refractivity contribution in [1.29, 1.82) is 5.26 Å². The van der Waals surface area contributed by atoms with Gasteiger partial charge < -0.3 is 5.32 Å². The first kappa shape index (κ1) is 11.0. The predicted octanol–water partition coefficient (Wildman–Crippen LogP) is 1.71. The number of hydrogen-bond donors (Lipinski definition) is 2. The van der Waals surface area contributed by atoms with Gasteiger partial charge in [0.1, 0.15) is 0 Å². The van der Waals surface area contributed by atoms with Gasteiger partial charge in [0.2, 0.25) is 0 Å². The molecule has 1 aliphatic heterocycles. The Balaban J connectivity index is 2.34. The van der Waals surface area contributed by atoms with Crippen molar-refractivity contribution in [2.75, 3.05) is 6.26 Å². The summed E-state index contributed by atoms with van der Waals surface area (Å²) in [6.07, 6.45) is 3.78. The van der Waals surface area contributed by atoms with Crippen LogP contribution in [-0.4, -0.2) is 11.4 Å². The molecule has 0 bridgehead atoms. The number of aliphatic imine (C=N–C) groups is 1. The first-order valence-corrected chi connectivity index (χ1v) is 6.17. The van der Waals surface area contributed by atoms with Crippen LogP contribution in [-0.2, 0) is 13.1 Å². The summed E-state index contributed by atoms with van der Waals surface area (Å²) in [6.45, 7) is 1.75. The molecule has 1 heterocycles. The second-order valence-electron chi connectivity index (χ2n) is 3.38. The highest BCUT2D eigenvalue weighted by atomic mass is 32.2. The van der Waals surface area contributed by atoms with Crippen LogP contribution in [0.4, 0.5) is 5.69 Å². The maximum atomic E-state index is 8.57. The fraction of sp³-hybridized carbons (Fsp3) is 0.273. The summed E-state index contributed by atoms with van der Waals surface area (Å²) in [7, 11) is 0. The number of benzene rings is 1. The number of rotatable bonds is 1. The van der Waals surface area contributed by atoms with E-state index in [0.29, 0.717) is 5.17 Å². The number of nitrogens with one attached hydrogen (secondary N) is 2. The van der Waals surface area contributed by atoms with Crippen molar-refractivity contribution in [1.82, 2.24) is 10.6 Å². The number of nitriles is 1. The molecule has 0 radical (unpaired) electrons. The minimum atomic E-state index is 0.628. The molecule has 4 nitrogen and oxygen atoms in total. The van der Waals surface area contributed by atoms with Gasteiger partial charge in [0.15, 0.2) is 11.4 Å². The van der Waals surface area contributed by atoms with Gasteiger partial charge >= 0.3 is 0 Å². The van der Waals surface area contributed by atoms with Gasteiger partial charge in [-0.05, 0) is 23.4 Å². The molecule has 0 aromatic heterocycles. The van der Waals surface area contributed by atoms with Gasteiger partial charge in [-0.2, -0.15) is 5.26 Å². The van der Waals surface area contributed by atoms with E-state index in [1.807, 2.05) is 24.6 Å². The molecule has 1 aromatic rings. The minimum absolute atomic E-state index is 0.628. The number of thioether (sulfide) groups is 1. The molecule has 2 rings (SSSR count). The maximum Gasteiger partial charge on any atom is 0.183 e. The average molecular weight is 232 g/mol. The Morgan fingerprint density at radius 2 is 2.44 bits per heavy atom. The number of amidine groups is 1. The third kappa shape index (κ3) is 2.18. The van der Waals surface area contributed by atoms with Crippen LogP contribution in [0.2, 0.25) is 0 Å². The average Bonchev–Trinajstić information content (AvgIpc) is 2.77. The first-order chi connectivity index (χ1) is 7.85. The largest absolute Gasteiger partial charge is 0.309 e. The summed E-state index contributed by atoms with van der Waals surface area (Å²) in [5.41, 5.74) is 3.46. The second kappa shape index (κ2) is 5.01. The standard InChI is InChI=1S/C11H12N4S/c1-16-11(14-7-12)15-10-4-2-3-8-5-13-6-9(8)10/h2-4,13H,5-6H2,1H3,(H,14,15). The highest BCUT2D eigenvalue weighted by Crippen LogP contribution is 2.27. The lowest BCUT2D eigenvalue weighted by Crippen LogP contribution is -2.12. The van der Waals surface area contributed by atoms with E-state index in [2.05, 4.69) is 21.7 Å². The highest BCUT2D eigenvalue weighted by Gasteiger charge is 2.13. The quantitative estimate of drug-likeness (QED) is 0.335. The van der Waals surface area contributed by atoms with Gasteiger partial charge in [0.25, 0.3) is 0 Å². The van der Waals surface area contributed by atoms with E-state index in [1.165, 1.54) is 22.9 Å². The Labute approximate surface area is 98.8 Å². The fourth-order valence-corrected chi connectivity index (χ4v) is 2.04. The lowest BCUT2D eigenvalue weighted by molar-refractivity contribution is 0.765. The van der Waals surface area contributed by atoms with Gasteiger partial charge in [0.05, 0.1) is 5.69 Å². The Bertz CT molecular complexity index is 462. The van der Waals surface area contributed by atoms with Crippen molar-refractivity contribution in [3.63, 3.8) is 0 Å². The molecular weight excluding hydrogens is 220 g/mol. The summed E-state index contributed by atoms with van der Waals surface area (Å²) in [5.74, 6) is 0. The van der Waals surface area contributed by atoms with E-state index >= 15 is 0 Å². The Morgan fingerprint density at radius 1 is 1.56 bits per heavy atom. The van der Waals surface area contributed by atoms with E-state index < -0.39 is 0 Å². The number of hydrogen-bond acceptors (Lipinski definition) is 4. The highest BCUT2D eigenvalue weighted by molar-refractivity contribution is 8.13. The van der Waals surface area contributed by atoms with Crippen molar-refractivity contribution in [3.05, 3.63) is 29.3 Å². The normalized spacial score (nSPS) is 14.4. The van der Waals surface area contributed by atoms with E-state index in [9.17, 15) is 0 Å². The van der Waals surface area contributed by atoms with Crippen molar-refractivity contribution in [2.24, 2.45) is 4.99 Å². The lowest BCUT2D eigenvalue weighted by Gasteiger charge is -2.04. The zero-order valence-electron chi connectivity index (χ0n) is 8.95. The Hall–Kier alpha value is -1.51. The van der Waals surface area contributed by atoms with Gasteiger partial charge in [-0.15, -0.1) is 0 Å². The van der Waals surface area contributed by atoms with Gasteiger partial charge in [-0.25, -0.2) is 4.99 Å². The zero-order chi connectivity index (χ0) is 11.4. The molecule has 0 spiro atoms. The number of fused-ring (bicyclic) bond motifs is 1. The summed E-state index contributed by atoms with van der Waals surface area (Å²) in [6, 6.07) is 6.07. The summed E-state index contributed by atoms with van der Waals surface area (Å²) in [4.78, 5) is 4.44. The second-order valence-corrected chi connectivity index (χ2v) is 4.17. The molecule has 0 unspecified atom stereocenters. The van der Waals surface area contributed by atoms with Crippen LogP contribution in [0, 0.1) is 11.5 Å². The van der Waals surface area contributed by atoms with Crippen molar-refractivity contribution >= 4 is 22.6 Å². The van der Waals surface area contributed by atoms with Crippen LogP contribution >= 0.6 is 11.8 Å². The van der Waals surface area contributed by atoms with Crippen LogP contribution in [0.25, 0.3) is 0 Å². The van der Waals surface area contributed by atoms with Crippen molar-refractivity contribution in [3.8, 4) is 6.19 Å². The monoisotopic (exact) mass is 232 g/mol. The van der Waals surface area contributed by atoms with Crippen LogP contribution < -0.4 is 10.6 Å². The van der Waals surface area contributed by atoms with Crippen molar-refractivity contribution < 1.29 is 0 Å². The van der Waals surface area contributed by atoms with E-state index in [4.69, 9.17) is 5.26 Å². The summed E-state index contributed by atoms with van der Waals surface area (Å²) >= 11 is 1.43. The van der Waals surface area contributed by atoms with Gasteiger partial charge in [-0.3, -0.25) is 5.32 Å². The summed E-state index contributed by atoms with van der Waals surface area (Å²) < 4.78 is 0. The van der Waals surface area contributed by atoms with Gasteiger partial charge in [0, 0.05) is 13.1 Å². The minimum Gasteiger partial charge on any atom is -0.309 e. The topological polar surface area (TPSA) is 60.2 Å². The third-order valence-electron chi connectivity index (χ3n) is 2.44. The third-order valence-corrected chi connectivity index (χ3v) is 3.02. The smallest absolute Gasteiger partial charge is 0.183 e. The predicted molar refractivity (Wildman–Crippen MR) is 66.3 cm³/mol. The molecular formula is C11H12N4S. The van der Waals surface area contributed by atoms with Crippen molar-refractivity contribution in [2.45, 2.75) is 13.1 Å². The Morgan fingerprint density at radius 3 is 3.19 bits per heavy atom. The number of nitrogens with zero attached hydrogens (tertiary/aromatic N) is 2.